The number of nitrogen functional groups attached to an aromatic ring is 1. The number of benzene rings is 1. The second kappa shape index (κ2) is 5.39. The topological polar surface area (TPSA) is 77.2 Å². The minimum Gasteiger partial charge on any atom is -0.495 e. The van der Waals surface area contributed by atoms with Crippen LogP contribution < -0.4 is 15.8 Å². The number of para-hydroxylation sites is 2. The summed E-state index contributed by atoms with van der Waals surface area (Å²) in [5, 5.41) is 2.79. The Morgan fingerprint density at radius 3 is 2.84 bits per heavy atom. The second-order valence-corrected chi connectivity index (χ2v) is 4.06. The maximum absolute atomic E-state index is 12.2. The van der Waals surface area contributed by atoms with Crippen LogP contribution in [-0.2, 0) is 0 Å². The highest BCUT2D eigenvalue weighted by molar-refractivity contribution is 6.06. The molecule has 0 unspecified atom stereocenters. The maximum Gasteiger partial charge on any atom is 0.257 e. The van der Waals surface area contributed by atoms with E-state index in [1.807, 2.05) is 12.1 Å². The molecule has 1 aromatic carbocycles. The van der Waals surface area contributed by atoms with E-state index in [1.54, 1.807) is 32.2 Å². The first-order valence-electron chi connectivity index (χ1n) is 5.78. The third kappa shape index (κ3) is 2.82. The highest BCUT2D eigenvalue weighted by Crippen LogP contribution is 2.24. The fourth-order valence-corrected chi connectivity index (χ4v) is 1.72. The minimum atomic E-state index is -0.262. The van der Waals surface area contributed by atoms with E-state index in [0.29, 0.717) is 28.4 Å². The van der Waals surface area contributed by atoms with Crippen molar-refractivity contribution in [1.29, 1.82) is 0 Å². The SMILES string of the molecule is COc1ccccc1NC(=O)c1cc(N)cnc1C. The molecule has 1 amide bonds. The van der Waals surface area contributed by atoms with Gasteiger partial charge in [0.1, 0.15) is 5.75 Å². The lowest BCUT2D eigenvalue weighted by molar-refractivity contribution is 0.102. The van der Waals surface area contributed by atoms with Crippen molar-refractivity contribution in [2.45, 2.75) is 6.92 Å². The molecule has 0 saturated carbocycles. The molecule has 98 valence electrons. The van der Waals surface area contributed by atoms with Crippen molar-refractivity contribution in [3.63, 3.8) is 0 Å². The van der Waals surface area contributed by atoms with Gasteiger partial charge < -0.3 is 15.8 Å². The van der Waals surface area contributed by atoms with Crippen molar-refractivity contribution in [2.24, 2.45) is 0 Å². The van der Waals surface area contributed by atoms with Gasteiger partial charge in [0.25, 0.3) is 5.91 Å². The van der Waals surface area contributed by atoms with E-state index in [2.05, 4.69) is 10.3 Å². The maximum atomic E-state index is 12.2. The summed E-state index contributed by atoms with van der Waals surface area (Å²) in [7, 11) is 1.55. The van der Waals surface area contributed by atoms with Gasteiger partial charge in [0.05, 0.1) is 35.9 Å². The van der Waals surface area contributed by atoms with Gasteiger partial charge in [-0.2, -0.15) is 0 Å². The molecule has 0 atom stereocenters. The lowest BCUT2D eigenvalue weighted by Gasteiger charge is -2.11. The molecule has 0 aliphatic heterocycles. The van der Waals surface area contributed by atoms with Gasteiger partial charge in [-0.3, -0.25) is 9.78 Å². The first-order valence-corrected chi connectivity index (χ1v) is 5.78. The molecule has 2 rings (SSSR count). The monoisotopic (exact) mass is 257 g/mol. The van der Waals surface area contributed by atoms with Crippen LogP contribution >= 0.6 is 0 Å². The molecule has 5 nitrogen and oxygen atoms in total. The Labute approximate surface area is 111 Å². The molecular weight excluding hydrogens is 242 g/mol. The average molecular weight is 257 g/mol. The van der Waals surface area contributed by atoms with Crippen LogP contribution in [0, 0.1) is 6.92 Å². The first-order chi connectivity index (χ1) is 9.11. The van der Waals surface area contributed by atoms with Crippen molar-refractivity contribution in [1.82, 2.24) is 4.98 Å². The molecule has 0 aliphatic carbocycles. The van der Waals surface area contributed by atoms with E-state index in [1.165, 1.54) is 6.20 Å². The van der Waals surface area contributed by atoms with Gasteiger partial charge >= 0.3 is 0 Å². The predicted octanol–water partition coefficient (Wildman–Crippen LogP) is 2.23. The molecule has 1 heterocycles. The largest absolute Gasteiger partial charge is 0.495 e. The number of nitrogens with two attached hydrogens (primary N) is 1. The lowest BCUT2D eigenvalue weighted by atomic mass is 10.1. The summed E-state index contributed by atoms with van der Waals surface area (Å²) in [5.74, 6) is 0.340. The van der Waals surface area contributed by atoms with Gasteiger partial charge in [-0.05, 0) is 25.1 Å². The molecule has 0 spiro atoms. The van der Waals surface area contributed by atoms with E-state index in [9.17, 15) is 4.79 Å². The van der Waals surface area contributed by atoms with E-state index in [4.69, 9.17) is 10.5 Å². The number of ether oxygens (including phenoxy) is 1. The molecule has 0 bridgehead atoms. The van der Waals surface area contributed by atoms with Crippen LogP contribution in [0.4, 0.5) is 11.4 Å². The fourth-order valence-electron chi connectivity index (χ4n) is 1.72. The van der Waals surface area contributed by atoms with E-state index >= 15 is 0 Å². The quantitative estimate of drug-likeness (QED) is 0.884. The summed E-state index contributed by atoms with van der Waals surface area (Å²) >= 11 is 0. The fraction of sp³-hybridized carbons (Fsp3) is 0.143. The molecule has 3 N–H and O–H groups in total. The molecule has 0 aliphatic rings. The summed E-state index contributed by atoms with van der Waals surface area (Å²) in [6.45, 7) is 1.76. The Morgan fingerprint density at radius 1 is 1.37 bits per heavy atom. The Hall–Kier alpha value is -2.56. The third-order valence-electron chi connectivity index (χ3n) is 2.71. The molecule has 0 radical (unpaired) electrons. The molecule has 19 heavy (non-hydrogen) atoms. The number of hydrogen-bond donors (Lipinski definition) is 2. The molecule has 1 aromatic heterocycles. The number of carbonyl (C=O) groups is 1. The number of pyridine rings is 1. The van der Waals surface area contributed by atoms with E-state index in [-0.39, 0.29) is 5.91 Å². The van der Waals surface area contributed by atoms with Crippen LogP contribution in [0.3, 0.4) is 0 Å². The predicted molar refractivity (Wildman–Crippen MR) is 74.3 cm³/mol. The zero-order chi connectivity index (χ0) is 13.8. The third-order valence-corrected chi connectivity index (χ3v) is 2.71. The summed E-state index contributed by atoms with van der Waals surface area (Å²) in [6, 6.07) is 8.81. The van der Waals surface area contributed by atoms with Crippen LogP contribution in [0.25, 0.3) is 0 Å². The molecule has 5 heteroatoms. The van der Waals surface area contributed by atoms with Crippen LogP contribution in [0.2, 0.25) is 0 Å². The Morgan fingerprint density at radius 2 is 2.11 bits per heavy atom. The van der Waals surface area contributed by atoms with Crippen LogP contribution in [0.5, 0.6) is 5.75 Å². The number of anilines is 2. The number of nitrogens with one attached hydrogen (secondary N) is 1. The van der Waals surface area contributed by atoms with Crippen LogP contribution in [-0.4, -0.2) is 18.0 Å². The summed E-state index contributed by atoms with van der Waals surface area (Å²) in [6.07, 6.45) is 1.52. The van der Waals surface area contributed by atoms with Crippen molar-refractivity contribution < 1.29 is 9.53 Å². The smallest absolute Gasteiger partial charge is 0.257 e. The Bertz CT molecular complexity index is 611. The standard InChI is InChI=1S/C14H15N3O2/c1-9-11(7-10(15)8-16-9)14(18)17-12-5-3-4-6-13(12)19-2/h3-8H,15H2,1-2H3,(H,17,18). The zero-order valence-electron chi connectivity index (χ0n) is 10.8. The number of amides is 1. The number of rotatable bonds is 3. The summed E-state index contributed by atoms with van der Waals surface area (Å²) in [4.78, 5) is 16.3. The Balaban J connectivity index is 2.28. The van der Waals surface area contributed by atoms with Gasteiger partial charge in [-0.1, -0.05) is 12.1 Å². The summed E-state index contributed by atoms with van der Waals surface area (Å²) in [5.41, 5.74) is 7.79. The first kappa shape index (κ1) is 12.9. The van der Waals surface area contributed by atoms with Gasteiger partial charge in [-0.15, -0.1) is 0 Å². The van der Waals surface area contributed by atoms with Gasteiger partial charge in [0, 0.05) is 0 Å². The normalized spacial score (nSPS) is 10.0. The van der Waals surface area contributed by atoms with Crippen molar-refractivity contribution >= 4 is 17.3 Å². The number of hydrogen-bond acceptors (Lipinski definition) is 4. The highest BCUT2D eigenvalue weighted by atomic mass is 16.5. The number of aromatic nitrogens is 1. The summed E-state index contributed by atoms with van der Waals surface area (Å²) < 4.78 is 5.18. The number of carbonyl (C=O) groups excluding carboxylic acids is 1. The van der Waals surface area contributed by atoms with Crippen molar-refractivity contribution in [2.75, 3.05) is 18.2 Å². The zero-order valence-corrected chi connectivity index (χ0v) is 10.8. The van der Waals surface area contributed by atoms with Crippen molar-refractivity contribution in [3.05, 3.63) is 47.8 Å². The minimum absolute atomic E-state index is 0.262. The lowest BCUT2D eigenvalue weighted by Crippen LogP contribution is -2.15. The molecule has 0 saturated heterocycles. The Kier molecular flexibility index (Phi) is 3.66. The van der Waals surface area contributed by atoms with E-state index in [0.717, 1.165) is 0 Å². The second-order valence-electron chi connectivity index (χ2n) is 4.06. The van der Waals surface area contributed by atoms with Gasteiger partial charge in [-0.25, -0.2) is 0 Å². The van der Waals surface area contributed by atoms with Crippen LogP contribution in [0.15, 0.2) is 36.5 Å². The molecular formula is C14H15N3O2. The van der Waals surface area contributed by atoms with Gasteiger partial charge in [0.15, 0.2) is 0 Å². The number of aryl methyl sites for hydroxylation is 1. The molecule has 0 fully saturated rings. The number of nitrogens with zero attached hydrogens (tertiary/aromatic N) is 1. The van der Waals surface area contributed by atoms with Crippen molar-refractivity contribution in [3.8, 4) is 5.75 Å². The van der Waals surface area contributed by atoms with Crippen LogP contribution in [0.1, 0.15) is 16.1 Å². The van der Waals surface area contributed by atoms with Gasteiger partial charge in [0.2, 0.25) is 0 Å². The molecule has 2 aromatic rings. The highest BCUT2D eigenvalue weighted by Gasteiger charge is 2.12. The van der Waals surface area contributed by atoms with E-state index < -0.39 is 0 Å². The number of methoxy groups -OCH3 is 1. The average Bonchev–Trinajstić information content (AvgIpc) is 2.42.